The van der Waals surface area contributed by atoms with Gasteiger partial charge in [0.05, 0.1) is 16.8 Å². The van der Waals surface area contributed by atoms with Crippen molar-refractivity contribution in [2.45, 2.75) is 89.4 Å². The highest BCUT2D eigenvalue weighted by molar-refractivity contribution is 5.06. The fraction of sp³-hybridized carbons (Fsp3) is 1.00. The smallest absolute Gasteiger partial charge is 0.0960 e. The molecule has 0 radical (unpaired) electrons. The van der Waals surface area contributed by atoms with Crippen molar-refractivity contribution in [2.75, 3.05) is 0 Å². The third kappa shape index (κ3) is 2.68. The van der Waals surface area contributed by atoms with E-state index in [0.29, 0.717) is 5.92 Å². The van der Waals surface area contributed by atoms with Crippen LogP contribution in [0, 0.1) is 5.92 Å². The van der Waals surface area contributed by atoms with Gasteiger partial charge in [-0.25, -0.2) is 0 Å². The molecule has 0 aromatic heterocycles. The molecule has 1 saturated carbocycles. The van der Waals surface area contributed by atoms with Crippen LogP contribution >= 0.6 is 0 Å². The summed E-state index contributed by atoms with van der Waals surface area (Å²) in [6, 6.07) is 0. The van der Waals surface area contributed by atoms with Crippen LogP contribution in [-0.4, -0.2) is 21.9 Å². The zero-order chi connectivity index (χ0) is 12.7. The summed E-state index contributed by atoms with van der Waals surface area (Å²) in [5.74, 6) is 0.700. The minimum absolute atomic E-state index is 0.188. The first-order chi connectivity index (χ1) is 7.74. The first-order valence-electron chi connectivity index (χ1n) is 7.17. The summed E-state index contributed by atoms with van der Waals surface area (Å²) in [7, 11) is 0. The molecule has 2 aliphatic rings. The highest BCUT2D eigenvalue weighted by atomic mass is 16.5. The molecule has 17 heavy (non-hydrogen) atoms. The van der Waals surface area contributed by atoms with E-state index in [2.05, 4.69) is 13.8 Å². The molecular weight excluding hydrogens is 212 g/mol. The fourth-order valence-corrected chi connectivity index (χ4v) is 3.93. The molecule has 0 aromatic carbocycles. The van der Waals surface area contributed by atoms with Crippen molar-refractivity contribution in [1.29, 1.82) is 0 Å². The Bertz CT molecular complexity index is 277. The number of aliphatic hydroxyl groups is 1. The number of ether oxygens (including phenoxy) is 1. The fourth-order valence-electron chi connectivity index (χ4n) is 3.93. The quantitative estimate of drug-likeness (QED) is 0.798. The van der Waals surface area contributed by atoms with E-state index in [1.807, 2.05) is 13.8 Å². The number of hydrogen-bond donors (Lipinski definition) is 1. The molecule has 2 fully saturated rings. The first-order valence-corrected chi connectivity index (χ1v) is 7.17. The maximum atomic E-state index is 11.0. The van der Waals surface area contributed by atoms with Crippen molar-refractivity contribution in [3.8, 4) is 0 Å². The van der Waals surface area contributed by atoms with E-state index >= 15 is 0 Å². The Morgan fingerprint density at radius 1 is 1.06 bits per heavy atom. The van der Waals surface area contributed by atoms with Crippen LogP contribution in [0.15, 0.2) is 0 Å². The normalized spacial score (nSPS) is 37.2. The monoisotopic (exact) mass is 240 g/mol. The minimum atomic E-state index is -0.640. The summed E-state index contributed by atoms with van der Waals surface area (Å²) in [5.41, 5.74) is -1.24. The Hall–Kier alpha value is -0.0800. The standard InChI is InChI=1S/C15H28O2/c1-13(2)11-15(16,14(3,4)17-13)10-12-8-6-5-7-9-12/h12,16H,5-11H2,1-4H3. The Labute approximate surface area is 106 Å². The lowest BCUT2D eigenvalue weighted by atomic mass is 9.73. The second kappa shape index (κ2) is 4.24. The molecule has 100 valence electrons. The second-order valence-corrected chi connectivity index (χ2v) is 7.29. The lowest BCUT2D eigenvalue weighted by molar-refractivity contribution is -0.134. The van der Waals surface area contributed by atoms with Gasteiger partial charge in [0.15, 0.2) is 0 Å². The average Bonchev–Trinajstić information content (AvgIpc) is 2.31. The van der Waals surface area contributed by atoms with Crippen molar-refractivity contribution < 1.29 is 9.84 Å². The van der Waals surface area contributed by atoms with Gasteiger partial charge in [0.2, 0.25) is 0 Å². The summed E-state index contributed by atoms with van der Waals surface area (Å²) in [6.45, 7) is 8.27. The molecule has 1 N–H and O–H groups in total. The maximum Gasteiger partial charge on any atom is 0.0960 e. The summed E-state index contributed by atoms with van der Waals surface area (Å²) >= 11 is 0. The Morgan fingerprint density at radius 3 is 2.12 bits per heavy atom. The predicted octanol–water partition coefficient (Wildman–Crippen LogP) is 3.67. The number of rotatable bonds is 2. The topological polar surface area (TPSA) is 29.5 Å². The molecule has 2 nitrogen and oxygen atoms in total. The Morgan fingerprint density at radius 2 is 1.65 bits per heavy atom. The van der Waals surface area contributed by atoms with Gasteiger partial charge in [-0.3, -0.25) is 0 Å². The molecule has 1 heterocycles. The zero-order valence-corrected chi connectivity index (χ0v) is 11.9. The van der Waals surface area contributed by atoms with Gasteiger partial charge in [0.1, 0.15) is 0 Å². The van der Waals surface area contributed by atoms with Gasteiger partial charge in [-0.15, -0.1) is 0 Å². The van der Waals surface area contributed by atoms with Gasteiger partial charge < -0.3 is 9.84 Å². The van der Waals surface area contributed by atoms with Gasteiger partial charge in [0.25, 0.3) is 0 Å². The van der Waals surface area contributed by atoms with Crippen LogP contribution in [0.25, 0.3) is 0 Å². The van der Waals surface area contributed by atoms with E-state index in [4.69, 9.17) is 4.74 Å². The molecule has 1 unspecified atom stereocenters. The molecule has 2 rings (SSSR count). The lowest BCUT2D eigenvalue weighted by Gasteiger charge is -2.38. The highest BCUT2D eigenvalue weighted by Crippen LogP contribution is 2.49. The summed E-state index contributed by atoms with van der Waals surface area (Å²) in [5, 5.41) is 11.0. The van der Waals surface area contributed by atoms with Gasteiger partial charge >= 0.3 is 0 Å². The molecule has 2 heteroatoms. The lowest BCUT2D eigenvalue weighted by Crippen LogP contribution is -2.47. The molecule has 1 aliphatic carbocycles. The van der Waals surface area contributed by atoms with Crippen LogP contribution in [0.4, 0.5) is 0 Å². The van der Waals surface area contributed by atoms with Gasteiger partial charge in [-0.1, -0.05) is 32.1 Å². The largest absolute Gasteiger partial charge is 0.387 e. The van der Waals surface area contributed by atoms with Crippen LogP contribution in [0.5, 0.6) is 0 Å². The summed E-state index contributed by atoms with van der Waals surface area (Å²) < 4.78 is 6.04. The highest BCUT2D eigenvalue weighted by Gasteiger charge is 2.56. The zero-order valence-electron chi connectivity index (χ0n) is 11.9. The van der Waals surface area contributed by atoms with Crippen molar-refractivity contribution in [3.05, 3.63) is 0 Å². The molecule has 0 aromatic rings. The SMILES string of the molecule is CC1(C)CC(O)(CC2CCCCC2)C(C)(C)O1. The van der Waals surface area contributed by atoms with Gasteiger partial charge in [-0.05, 0) is 40.0 Å². The van der Waals surface area contributed by atoms with Crippen LogP contribution in [-0.2, 0) is 4.74 Å². The van der Waals surface area contributed by atoms with E-state index in [0.717, 1.165) is 12.8 Å². The van der Waals surface area contributed by atoms with Crippen LogP contribution in [0.1, 0.15) is 72.6 Å². The van der Waals surface area contributed by atoms with Crippen LogP contribution in [0.2, 0.25) is 0 Å². The molecule has 1 atom stereocenters. The van der Waals surface area contributed by atoms with Crippen LogP contribution < -0.4 is 0 Å². The third-order valence-corrected chi connectivity index (χ3v) is 4.72. The predicted molar refractivity (Wildman–Crippen MR) is 70.0 cm³/mol. The van der Waals surface area contributed by atoms with E-state index in [-0.39, 0.29) is 5.60 Å². The van der Waals surface area contributed by atoms with Crippen molar-refractivity contribution in [2.24, 2.45) is 5.92 Å². The number of hydrogen-bond acceptors (Lipinski definition) is 2. The average molecular weight is 240 g/mol. The minimum Gasteiger partial charge on any atom is -0.387 e. The van der Waals surface area contributed by atoms with Gasteiger partial charge in [-0.2, -0.15) is 0 Å². The van der Waals surface area contributed by atoms with E-state index < -0.39 is 11.2 Å². The first kappa shape index (κ1) is 13.4. The molecule has 1 aliphatic heterocycles. The molecule has 0 spiro atoms. The molecule has 0 amide bonds. The summed E-state index contributed by atoms with van der Waals surface area (Å²) in [6.07, 6.45) is 8.32. The van der Waals surface area contributed by atoms with Crippen molar-refractivity contribution in [3.63, 3.8) is 0 Å². The van der Waals surface area contributed by atoms with E-state index in [1.54, 1.807) is 0 Å². The summed E-state index contributed by atoms with van der Waals surface area (Å²) in [4.78, 5) is 0. The second-order valence-electron chi connectivity index (χ2n) is 7.29. The third-order valence-electron chi connectivity index (χ3n) is 4.72. The molecular formula is C15H28O2. The van der Waals surface area contributed by atoms with Gasteiger partial charge in [0, 0.05) is 6.42 Å². The van der Waals surface area contributed by atoms with Crippen molar-refractivity contribution >= 4 is 0 Å². The van der Waals surface area contributed by atoms with E-state index in [9.17, 15) is 5.11 Å². The molecule has 1 saturated heterocycles. The Kier molecular flexibility index (Phi) is 3.33. The Balaban J connectivity index is 2.07. The maximum absolute atomic E-state index is 11.0. The van der Waals surface area contributed by atoms with Crippen molar-refractivity contribution in [1.82, 2.24) is 0 Å². The van der Waals surface area contributed by atoms with E-state index in [1.165, 1.54) is 32.1 Å². The molecule has 0 bridgehead atoms. The van der Waals surface area contributed by atoms with Crippen LogP contribution in [0.3, 0.4) is 0 Å².